The molecule has 0 bridgehead atoms. The Labute approximate surface area is 98.9 Å². The molecule has 0 radical (unpaired) electrons. The minimum atomic E-state index is 0.459. The molecule has 0 aliphatic heterocycles. The molecule has 0 aromatic carbocycles. The van der Waals surface area contributed by atoms with Crippen LogP contribution in [-0.4, -0.2) is 42.6 Å². The third-order valence-corrected chi connectivity index (χ3v) is 3.58. The van der Waals surface area contributed by atoms with Crippen LogP contribution in [0.5, 0.6) is 0 Å². The van der Waals surface area contributed by atoms with E-state index in [-0.39, 0.29) is 0 Å². The van der Waals surface area contributed by atoms with Gasteiger partial charge in [0.15, 0.2) is 0 Å². The van der Waals surface area contributed by atoms with Gasteiger partial charge in [0.25, 0.3) is 0 Å². The first-order valence-corrected chi connectivity index (χ1v) is 6.57. The maximum absolute atomic E-state index is 5.86. The molecule has 0 saturated heterocycles. The minimum Gasteiger partial charge on any atom is -0.381 e. The number of ether oxygens (including phenoxy) is 1. The van der Waals surface area contributed by atoms with Crippen molar-refractivity contribution in [1.29, 1.82) is 0 Å². The monoisotopic (exact) mass is 233 g/mol. The van der Waals surface area contributed by atoms with Crippen molar-refractivity contribution in [3.05, 3.63) is 0 Å². The summed E-state index contributed by atoms with van der Waals surface area (Å²) in [6.45, 7) is 5.51. The second kappa shape index (κ2) is 6.72. The number of alkyl halides is 1. The van der Waals surface area contributed by atoms with Gasteiger partial charge in [0.1, 0.15) is 0 Å². The molecule has 0 aromatic rings. The molecule has 0 amide bonds. The lowest BCUT2D eigenvalue weighted by molar-refractivity contribution is 0.0209. The minimum absolute atomic E-state index is 0.459. The highest BCUT2D eigenvalue weighted by Crippen LogP contribution is 2.26. The largest absolute Gasteiger partial charge is 0.381 e. The van der Waals surface area contributed by atoms with Gasteiger partial charge >= 0.3 is 0 Å². The summed E-state index contributed by atoms with van der Waals surface area (Å²) in [5.74, 6) is 0.729. The Balaban J connectivity index is 2.50. The van der Waals surface area contributed by atoms with E-state index in [9.17, 15) is 0 Å². The second-order valence-corrected chi connectivity index (χ2v) is 5.08. The summed E-state index contributed by atoms with van der Waals surface area (Å²) in [4.78, 5) is 2.53. The topological polar surface area (TPSA) is 12.5 Å². The first-order chi connectivity index (χ1) is 7.19. The Bertz CT molecular complexity index is 175. The molecule has 2 unspecified atom stereocenters. The van der Waals surface area contributed by atoms with E-state index in [0.717, 1.165) is 12.4 Å². The number of halogens is 1. The molecular formula is C12H24ClNO. The van der Waals surface area contributed by atoms with Crippen molar-refractivity contribution >= 4 is 11.6 Å². The van der Waals surface area contributed by atoms with Crippen LogP contribution in [-0.2, 0) is 4.74 Å². The van der Waals surface area contributed by atoms with Gasteiger partial charge in [0.2, 0.25) is 0 Å². The lowest BCUT2D eigenvalue weighted by atomic mass is 9.91. The molecule has 1 fully saturated rings. The molecule has 0 heterocycles. The lowest BCUT2D eigenvalue weighted by Crippen LogP contribution is -2.45. The highest BCUT2D eigenvalue weighted by Gasteiger charge is 2.27. The molecule has 1 rings (SSSR count). The van der Waals surface area contributed by atoms with E-state index >= 15 is 0 Å². The van der Waals surface area contributed by atoms with E-state index in [1.165, 1.54) is 25.7 Å². The van der Waals surface area contributed by atoms with Crippen LogP contribution in [0.3, 0.4) is 0 Å². The van der Waals surface area contributed by atoms with Gasteiger partial charge < -0.3 is 4.74 Å². The van der Waals surface area contributed by atoms with Gasteiger partial charge in [-0.25, -0.2) is 0 Å². The van der Waals surface area contributed by atoms with Crippen LogP contribution in [0.4, 0.5) is 0 Å². The first kappa shape index (κ1) is 13.3. The van der Waals surface area contributed by atoms with Crippen molar-refractivity contribution in [3.63, 3.8) is 0 Å². The molecule has 1 aliphatic rings. The van der Waals surface area contributed by atoms with Crippen LogP contribution in [0, 0.1) is 0 Å². The van der Waals surface area contributed by atoms with Gasteiger partial charge in [-0.05, 0) is 39.5 Å². The summed E-state index contributed by atoms with van der Waals surface area (Å²) in [6.07, 6.45) is 5.44. The van der Waals surface area contributed by atoms with Gasteiger partial charge in [0, 0.05) is 31.6 Å². The van der Waals surface area contributed by atoms with Gasteiger partial charge in [-0.15, -0.1) is 11.6 Å². The molecule has 90 valence electrons. The molecule has 15 heavy (non-hydrogen) atoms. The van der Waals surface area contributed by atoms with Crippen LogP contribution in [0.2, 0.25) is 0 Å². The van der Waals surface area contributed by atoms with Crippen LogP contribution in [0.15, 0.2) is 0 Å². The molecule has 2 atom stereocenters. The number of nitrogens with zero attached hydrogens (tertiary/aromatic N) is 1. The lowest BCUT2D eigenvalue weighted by Gasteiger charge is -2.39. The molecular weight excluding hydrogens is 210 g/mol. The zero-order valence-corrected chi connectivity index (χ0v) is 11.0. The van der Waals surface area contributed by atoms with E-state index in [1.54, 1.807) is 0 Å². The molecule has 0 N–H and O–H groups in total. The summed E-state index contributed by atoms with van der Waals surface area (Å²) >= 11 is 5.86. The van der Waals surface area contributed by atoms with Crippen LogP contribution >= 0.6 is 11.6 Å². The van der Waals surface area contributed by atoms with Crippen LogP contribution in [0.1, 0.15) is 39.5 Å². The first-order valence-electron chi connectivity index (χ1n) is 6.03. The Hall–Kier alpha value is 0.210. The third kappa shape index (κ3) is 3.93. The van der Waals surface area contributed by atoms with Crippen LogP contribution in [0.25, 0.3) is 0 Å². The molecule has 3 heteroatoms. The number of rotatable bonds is 5. The van der Waals surface area contributed by atoms with E-state index in [4.69, 9.17) is 16.3 Å². The van der Waals surface area contributed by atoms with Gasteiger partial charge in [-0.1, -0.05) is 0 Å². The maximum Gasteiger partial charge on any atom is 0.0586 e. The van der Waals surface area contributed by atoms with Crippen molar-refractivity contribution in [2.24, 2.45) is 0 Å². The zero-order chi connectivity index (χ0) is 11.3. The smallest absolute Gasteiger partial charge is 0.0586 e. The van der Waals surface area contributed by atoms with Crippen molar-refractivity contribution in [1.82, 2.24) is 4.90 Å². The third-order valence-electron chi connectivity index (χ3n) is 3.41. The van der Waals surface area contributed by atoms with Gasteiger partial charge in [-0.3, -0.25) is 4.90 Å². The number of hydrogen-bond donors (Lipinski definition) is 0. The van der Waals surface area contributed by atoms with Crippen molar-refractivity contribution in [3.8, 4) is 0 Å². The standard InChI is InChI=1S/C12H24ClNO/c1-10(2)14(8-7-13)11-5-4-6-12(9-11)15-3/h10-12H,4-9H2,1-3H3. The summed E-state index contributed by atoms with van der Waals surface area (Å²) in [6, 6.07) is 1.26. The summed E-state index contributed by atoms with van der Waals surface area (Å²) in [5, 5.41) is 0. The maximum atomic E-state index is 5.86. The Morgan fingerprint density at radius 2 is 2.13 bits per heavy atom. The van der Waals surface area contributed by atoms with Crippen molar-refractivity contribution < 1.29 is 4.74 Å². The molecule has 2 nitrogen and oxygen atoms in total. The zero-order valence-electron chi connectivity index (χ0n) is 10.2. The van der Waals surface area contributed by atoms with Crippen LogP contribution < -0.4 is 0 Å². The van der Waals surface area contributed by atoms with Crippen molar-refractivity contribution in [2.45, 2.75) is 57.7 Å². The predicted molar refractivity (Wildman–Crippen MR) is 65.6 cm³/mol. The fraction of sp³-hybridized carbons (Fsp3) is 1.00. The normalized spacial score (nSPS) is 27.6. The van der Waals surface area contributed by atoms with E-state index in [1.807, 2.05) is 7.11 Å². The fourth-order valence-corrected chi connectivity index (χ4v) is 2.79. The average Bonchev–Trinajstić information content (AvgIpc) is 2.25. The second-order valence-electron chi connectivity index (χ2n) is 4.70. The van der Waals surface area contributed by atoms with Gasteiger partial charge in [-0.2, -0.15) is 0 Å². The highest BCUT2D eigenvalue weighted by molar-refractivity contribution is 6.18. The Morgan fingerprint density at radius 1 is 1.40 bits per heavy atom. The SMILES string of the molecule is COC1CCCC(N(CCCl)C(C)C)C1. The summed E-state index contributed by atoms with van der Waals surface area (Å²) < 4.78 is 5.47. The summed E-state index contributed by atoms with van der Waals surface area (Å²) in [5.41, 5.74) is 0. The summed E-state index contributed by atoms with van der Waals surface area (Å²) in [7, 11) is 1.83. The molecule has 0 spiro atoms. The number of hydrogen-bond acceptors (Lipinski definition) is 2. The predicted octanol–water partition coefficient (Wildman–Crippen LogP) is 2.89. The average molecular weight is 234 g/mol. The van der Waals surface area contributed by atoms with E-state index in [0.29, 0.717) is 18.2 Å². The molecule has 0 aromatic heterocycles. The Kier molecular flexibility index (Phi) is 5.95. The molecule has 1 aliphatic carbocycles. The van der Waals surface area contributed by atoms with E-state index in [2.05, 4.69) is 18.7 Å². The fourth-order valence-electron chi connectivity index (χ4n) is 2.60. The quantitative estimate of drug-likeness (QED) is 0.678. The van der Waals surface area contributed by atoms with E-state index < -0.39 is 0 Å². The van der Waals surface area contributed by atoms with Gasteiger partial charge in [0.05, 0.1) is 6.10 Å². The molecule has 1 saturated carbocycles. The Morgan fingerprint density at radius 3 is 2.67 bits per heavy atom. The highest BCUT2D eigenvalue weighted by atomic mass is 35.5. The number of methoxy groups -OCH3 is 1. The van der Waals surface area contributed by atoms with Crippen molar-refractivity contribution in [2.75, 3.05) is 19.5 Å².